The number of amides is 1. The molecule has 4 rings (SSSR count). The molecule has 8 heteroatoms. The molecule has 0 bridgehead atoms. The van der Waals surface area contributed by atoms with Gasteiger partial charge in [0.2, 0.25) is 5.91 Å². The Balaban J connectivity index is 0.00000104. The second-order valence-corrected chi connectivity index (χ2v) is 6.92. The Labute approximate surface area is 155 Å². The van der Waals surface area contributed by atoms with E-state index in [9.17, 15) is 4.79 Å². The summed E-state index contributed by atoms with van der Waals surface area (Å²) >= 11 is 0. The Morgan fingerprint density at radius 3 is 2.58 bits per heavy atom. The van der Waals surface area contributed by atoms with Crippen LogP contribution < -0.4 is 10.6 Å². The van der Waals surface area contributed by atoms with E-state index in [2.05, 4.69) is 20.6 Å². The first kappa shape index (κ1) is 19.5. The van der Waals surface area contributed by atoms with Crippen LogP contribution in [-0.4, -0.2) is 58.9 Å². The lowest BCUT2D eigenvalue weighted by Crippen LogP contribution is -2.56. The van der Waals surface area contributed by atoms with Crippen molar-refractivity contribution < 1.29 is 4.79 Å². The number of aromatic nitrogens is 2. The lowest BCUT2D eigenvalue weighted by molar-refractivity contribution is -0.132. The van der Waals surface area contributed by atoms with Gasteiger partial charge in [0.25, 0.3) is 0 Å². The molecule has 6 nitrogen and oxygen atoms in total. The van der Waals surface area contributed by atoms with E-state index in [1.54, 1.807) is 6.20 Å². The first-order chi connectivity index (χ1) is 10.8. The van der Waals surface area contributed by atoms with Gasteiger partial charge in [0, 0.05) is 37.6 Å². The lowest BCUT2D eigenvalue weighted by Gasteiger charge is -2.37. The molecule has 24 heavy (non-hydrogen) atoms. The van der Waals surface area contributed by atoms with Crippen molar-refractivity contribution in [2.45, 2.75) is 49.7 Å². The van der Waals surface area contributed by atoms with Crippen LogP contribution in [0.15, 0.2) is 18.5 Å². The minimum Gasteiger partial charge on any atom is -0.350 e. The number of hydrogen-bond donors (Lipinski definition) is 2. The Morgan fingerprint density at radius 1 is 1.21 bits per heavy atom. The summed E-state index contributed by atoms with van der Waals surface area (Å²) in [4.78, 5) is 15.6. The Hall–Kier alpha value is -0.820. The fourth-order valence-electron chi connectivity index (χ4n) is 3.92. The molecule has 1 saturated carbocycles. The first-order valence-electron chi connectivity index (χ1n) is 8.54. The zero-order valence-electron chi connectivity index (χ0n) is 13.8. The number of nitrogens with one attached hydrogen (secondary N) is 2. The van der Waals surface area contributed by atoms with Gasteiger partial charge in [-0.2, -0.15) is 5.10 Å². The highest BCUT2D eigenvalue weighted by Crippen LogP contribution is 2.31. The van der Waals surface area contributed by atoms with E-state index in [-0.39, 0.29) is 30.7 Å². The molecule has 1 atom stereocenters. The minimum absolute atomic E-state index is 0. The van der Waals surface area contributed by atoms with Crippen molar-refractivity contribution in [1.82, 2.24) is 25.3 Å². The van der Waals surface area contributed by atoms with Crippen LogP contribution in [0.4, 0.5) is 0 Å². The molecule has 2 N–H and O–H groups in total. The summed E-state index contributed by atoms with van der Waals surface area (Å²) in [6, 6.07) is 3.00. The smallest absolute Gasteiger partial charge is 0.248 e. The maximum atomic E-state index is 13.0. The van der Waals surface area contributed by atoms with E-state index in [1.807, 2.05) is 16.9 Å². The Bertz CT molecular complexity index is 529. The number of piperidine rings is 1. The van der Waals surface area contributed by atoms with Gasteiger partial charge in [-0.05, 0) is 51.3 Å². The van der Waals surface area contributed by atoms with Crippen LogP contribution in [0.3, 0.4) is 0 Å². The van der Waals surface area contributed by atoms with Crippen LogP contribution in [-0.2, 0) is 10.3 Å². The average molecular weight is 376 g/mol. The molecule has 1 amide bonds. The van der Waals surface area contributed by atoms with E-state index in [4.69, 9.17) is 0 Å². The molecule has 2 aliphatic heterocycles. The SMILES string of the molecule is Cl.Cl.O=C(NC1CCN(C2CC2)C1)C1(n2cccn2)CCNCC1. The highest BCUT2D eigenvalue weighted by molar-refractivity contribution is 5.86. The summed E-state index contributed by atoms with van der Waals surface area (Å²) in [5.41, 5.74) is -0.512. The number of carbonyl (C=O) groups excluding carboxylic acids is 1. The monoisotopic (exact) mass is 375 g/mol. The van der Waals surface area contributed by atoms with Gasteiger partial charge in [-0.3, -0.25) is 14.4 Å². The molecule has 0 radical (unpaired) electrons. The molecule has 1 aliphatic carbocycles. The zero-order chi connectivity index (χ0) is 15.0. The Morgan fingerprint density at radius 2 is 1.96 bits per heavy atom. The number of halogens is 2. The summed E-state index contributed by atoms with van der Waals surface area (Å²) in [7, 11) is 0. The number of likely N-dealkylation sites (tertiary alicyclic amines) is 1. The third kappa shape index (κ3) is 3.72. The van der Waals surface area contributed by atoms with Crippen LogP contribution in [0.25, 0.3) is 0 Å². The van der Waals surface area contributed by atoms with Crippen LogP contribution in [0, 0.1) is 0 Å². The molecule has 1 aromatic rings. The molecule has 0 spiro atoms. The Kier molecular flexibility index (Phi) is 6.53. The predicted molar refractivity (Wildman–Crippen MR) is 97.9 cm³/mol. The third-order valence-corrected chi connectivity index (χ3v) is 5.41. The van der Waals surface area contributed by atoms with E-state index < -0.39 is 5.54 Å². The maximum absolute atomic E-state index is 13.0. The summed E-state index contributed by atoms with van der Waals surface area (Å²) in [5.74, 6) is 0.153. The lowest BCUT2D eigenvalue weighted by atomic mass is 9.87. The average Bonchev–Trinajstić information content (AvgIpc) is 3.05. The first-order valence-corrected chi connectivity index (χ1v) is 8.54. The fourth-order valence-corrected chi connectivity index (χ4v) is 3.92. The van der Waals surface area contributed by atoms with Crippen molar-refractivity contribution in [3.8, 4) is 0 Å². The molecule has 1 aromatic heterocycles. The van der Waals surface area contributed by atoms with Crippen molar-refractivity contribution >= 4 is 30.7 Å². The molecule has 3 fully saturated rings. The topological polar surface area (TPSA) is 62.2 Å². The van der Waals surface area contributed by atoms with Gasteiger partial charge in [0.1, 0.15) is 5.54 Å². The summed E-state index contributed by atoms with van der Waals surface area (Å²) in [6.45, 7) is 3.88. The van der Waals surface area contributed by atoms with Crippen molar-refractivity contribution in [2.75, 3.05) is 26.2 Å². The van der Waals surface area contributed by atoms with E-state index >= 15 is 0 Å². The zero-order valence-corrected chi connectivity index (χ0v) is 15.5. The van der Waals surface area contributed by atoms with E-state index in [0.29, 0.717) is 6.04 Å². The second kappa shape index (κ2) is 8.04. The van der Waals surface area contributed by atoms with Crippen LogP contribution in [0.5, 0.6) is 0 Å². The summed E-state index contributed by atoms with van der Waals surface area (Å²) in [6.07, 6.45) is 9.06. The molecule has 136 valence electrons. The number of carbonyl (C=O) groups is 1. The van der Waals surface area contributed by atoms with Crippen molar-refractivity contribution in [1.29, 1.82) is 0 Å². The fraction of sp³-hybridized carbons (Fsp3) is 0.750. The van der Waals surface area contributed by atoms with Gasteiger partial charge < -0.3 is 10.6 Å². The van der Waals surface area contributed by atoms with Crippen LogP contribution in [0.2, 0.25) is 0 Å². The number of rotatable bonds is 4. The van der Waals surface area contributed by atoms with E-state index in [1.165, 1.54) is 12.8 Å². The van der Waals surface area contributed by atoms with Crippen LogP contribution >= 0.6 is 24.8 Å². The predicted octanol–water partition coefficient (Wildman–Crippen LogP) is 1.16. The van der Waals surface area contributed by atoms with Crippen LogP contribution in [0.1, 0.15) is 32.1 Å². The maximum Gasteiger partial charge on any atom is 0.248 e. The summed E-state index contributed by atoms with van der Waals surface area (Å²) < 4.78 is 1.87. The summed E-state index contributed by atoms with van der Waals surface area (Å²) in [5, 5.41) is 11.1. The second-order valence-electron chi connectivity index (χ2n) is 6.92. The van der Waals surface area contributed by atoms with Gasteiger partial charge in [-0.15, -0.1) is 24.8 Å². The van der Waals surface area contributed by atoms with Crippen molar-refractivity contribution in [2.24, 2.45) is 0 Å². The molecular weight excluding hydrogens is 349 g/mol. The number of nitrogens with zero attached hydrogens (tertiary/aromatic N) is 3. The quantitative estimate of drug-likeness (QED) is 0.828. The third-order valence-electron chi connectivity index (χ3n) is 5.41. The largest absolute Gasteiger partial charge is 0.350 e. The molecular formula is C16H27Cl2N5O. The van der Waals surface area contributed by atoms with Gasteiger partial charge >= 0.3 is 0 Å². The highest BCUT2D eigenvalue weighted by atomic mass is 35.5. The van der Waals surface area contributed by atoms with Gasteiger partial charge in [0.05, 0.1) is 0 Å². The highest BCUT2D eigenvalue weighted by Gasteiger charge is 2.43. The molecule has 2 saturated heterocycles. The van der Waals surface area contributed by atoms with E-state index in [0.717, 1.165) is 51.5 Å². The molecule has 1 unspecified atom stereocenters. The van der Waals surface area contributed by atoms with Gasteiger partial charge in [0.15, 0.2) is 0 Å². The molecule has 0 aromatic carbocycles. The molecule has 3 heterocycles. The normalized spacial score (nSPS) is 26.2. The van der Waals surface area contributed by atoms with Crippen molar-refractivity contribution in [3.63, 3.8) is 0 Å². The van der Waals surface area contributed by atoms with Gasteiger partial charge in [-0.1, -0.05) is 0 Å². The molecule has 3 aliphatic rings. The number of hydrogen-bond acceptors (Lipinski definition) is 4. The minimum atomic E-state index is -0.512. The van der Waals surface area contributed by atoms with Crippen molar-refractivity contribution in [3.05, 3.63) is 18.5 Å². The van der Waals surface area contributed by atoms with Gasteiger partial charge in [-0.25, -0.2) is 0 Å². The standard InChI is InChI=1S/C16H25N5O.2ClH/c22-15(19-13-4-11-20(12-13)14-2-3-14)16(5-8-17-9-6-16)21-10-1-7-18-21;;/h1,7,10,13-14,17H,2-6,8-9,11-12H2,(H,19,22);2*1H.